The third-order valence-corrected chi connectivity index (χ3v) is 3.92. The molecule has 0 atom stereocenters. The van der Waals surface area contributed by atoms with E-state index in [-0.39, 0.29) is 17.3 Å². The first-order chi connectivity index (χ1) is 10.2. The van der Waals surface area contributed by atoms with Crippen LogP contribution < -0.4 is 0 Å². The van der Waals surface area contributed by atoms with Gasteiger partial charge in [0.05, 0.1) is 10.6 Å². The fourth-order valence-electron chi connectivity index (χ4n) is 2.04. The van der Waals surface area contributed by atoms with Crippen molar-refractivity contribution in [1.29, 1.82) is 0 Å². The molecular formula is C16H12N2O2S. The normalized spacial score (nSPS) is 10.5. The molecule has 1 aromatic carbocycles. The molecule has 0 saturated carbocycles. The Morgan fingerprint density at radius 3 is 2.48 bits per heavy atom. The van der Waals surface area contributed by atoms with Crippen LogP contribution in [-0.4, -0.2) is 21.3 Å². The quantitative estimate of drug-likeness (QED) is 0.694. The zero-order valence-corrected chi connectivity index (χ0v) is 12.1. The van der Waals surface area contributed by atoms with Crippen molar-refractivity contribution in [2.75, 3.05) is 0 Å². The van der Waals surface area contributed by atoms with Crippen molar-refractivity contribution in [2.24, 2.45) is 0 Å². The summed E-state index contributed by atoms with van der Waals surface area (Å²) in [5.41, 5.74) is 1.44. The van der Waals surface area contributed by atoms with Crippen molar-refractivity contribution in [3.05, 3.63) is 70.2 Å². The van der Waals surface area contributed by atoms with E-state index in [1.165, 1.54) is 22.9 Å². The number of thiophene rings is 1. The highest BCUT2D eigenvalue weighted by Gasteiger charge is 2.19. The summed E-state index contributed by atoms with van der Waals surface area (Å²) >= 11 is 1.36. The topological polar surface area (TPSA) is 52.0 Å². The predicted molar refractivity (Wildman–Crippen MR) is 81.3 cm³/mol. The summed E-state index contributed by atoms with van der Waals surface area (Å²) in [6.07, 6.45) is 0. The lowest BCUT2D eigenvalue weighted by molar-refractivity contribution is 0.100. The number of para-hydroxylation sites is 1. The number of aromatic nitrogens is 2. The van der Waals surface area contributed by atoms with Crippen LogP contribution in [0.1, 0.15) is 32.8 Å². The van der Waals surface area contributed by atoms with Gasteiger partial charge >= 0.3 is 0 Å². The van der Waals surface area contributed by atoms with Crippen molar-refractivity contribution in [1.82, 2.24) is 9.78 Å². The standard InChI is InChI=1S/C16H12N2O2S/c1-11(19)14-10-13(16(20)15-8-5-9-21-15)17-18(14)12-6-3-2-4-7-12/h2-10H,1H3. The first-order valence-corrected chi connectivity index (χ1v) is 7.29. The first-order valence-electron chi connectivity index (χ1n) is 6.41. The van der Waals surface area contributed by atoms with Crippen LogP contribution >= 0.6 is 11.3 Å². The number of carbonyl (C=O) groups excluding carboxylic acids is 2. The summed E-state index contributed by atoms with van der Waals surface area (Å²) in [5.74, 6) is -0.293. The molecule has 4 nitrogen and oxygen atoms in total. The van der Waals surface area contributed by atoms with E-state index < -0.39 is 0 Å². The molecule has 0 amide bonds. The molecule has 104 valence electrons. The number of nitrogens with zero attached hydrogens (tertiary/aromatic N) is 2. The van der Waals surface area contributed by atoms with Crippen LogP contribution in [0.4, 0.5) is 0 Å². The highest BCUT2D eigenvalue weighted by molar-refractivity contribution is 7.12. The molecule has 0 N–H and O–H groups in total. The molecule has 0 aliphatic carbocycles. The molecule has 0 radical (unpaired) electrons. The SMILES string of the molecule is CC(=O)c1cc(C(=O)c2cccs2)nn1-c1ccccc1. The smallest absolute Gasteiger partial charge is 0.223 e. The van der Waals surface area contributed by atoms with E-state index in [1.54, 1.807) is 12.1 Å². The molecule has 2 aromatic heterocycles. The number of carbonyl (C=O) groups is 2. The molecule has 0 aliphatic rings. The van der Waals surface area contributed by atoms with Gasteiger partial charge in [-0.05, 0) is 29.6 Å². The minimum atomic E-state index is -0.165. The largest absolute Gasteiger partial charge is 0.293 e. The molecule has 0 spiro atoms. The van der Waals surface area contributed by atoms with Crippen LogP contribution in [0.25, 0.3) is 5.69 Å². The molecule has 0 saturated heterocycles. The van der Waals surface area contributed by atoms with Crippen molar-refractivity contribution < 1.29 is 9.59 Å². The number of hydrogen-bond acceptors (Lipinski definition) is 4. The molecule has 3 rings (SSSR count). The van der Waals surface area contributed by atoms with Gasteiger partial charge in [-0.3, -0.25) is 9.59 Å². The van der Waals surface area contributed by atoms with Crippen molar-refractivity contribution in [2.45, 2.75) is 6.92 Å². The number of ketones is 2. The Labute approximate surface area is 125 Å². The third-order valence-electron chi connectivity index (χ3n) is 3.05. The molecule has 3 aromatic rings. The number of Topliss-reactive ketones (excluding diaryl/α,β-unsaturated/α-hetero) is 1. The van der Waals surface area contributed by atoms with E-state index in [0.29, 0.717) is 10.6 Å². The summed E-state index contributed by atoms with van der Waals surface area (Å²) in [4.78, 5) is 24.8. The van der Waals surface area contributed by atoms with Gasteiger partial charge in [0.25, 0.3) is 0 Å². The summed E-state index contributed by atoms with van der Waals surface area (Å²) in [5, 5.41) is 6.15. The summed E-state index contributed by atoms with van der Waals surface area (Å²) in [6.45, 7) is 1.47. The highest BCUT2D eigenvalue weighted by atomic mass is 32.1. The fourth-order valence-corrected chi connectivity index (χ4v) is 2.72. The maximum Gasteiger partial charge on any atom is 0.223 e. The van der Waals surface area contributed by atoms with E-state index in [9.17, 15) is 9.59 Å². The second kappa shape index (κ2) is 5.46. The minimum Gasteiger partial charge on any atom is -0.293 e. The highest BCUT2D eigenvalue weighted by Crippen LogP contribution is 2.18. The average Bonchev–Trinajstić information content (AvgIpc) is 3.17. The van der Waals surface area contributed by atoms with Crippen molar-refractivity contribution >= 4 is 22.9 Å². The van der Waals surface area contributed by atoms with E-state index in [2.05, 4.69) is 5.10 Å². The van der Waals surface area contributed by atoms with Gasteiger partial charge < -0.3 is 0 Å². The van der Waals surface area contributed by atoms with Crippen molar-refractivity contribution in [3.63, 3.8) is 0 Å². The van der Waals surface area contributed by atoms with E-state index >= 15 is 0 Å². The summed E-state index contributed by atoms with van der Waals surface area (Å²) in [6, 6.07) is 14.4. The summed E-state index contributed by atoms with van der Waals surface area (Å²) in [7, 11) is 0. The van der Waals surface area contributed by atoms with E-state index in [1.807, 2.05) is 41.8 Å². The minimum absolute atomic E-state index is 0.128. The van der Waals surface area contributed by atoms with Crippen molar-refractivity contribution in [3.8, 4) is 5.69 Å². The Hall–Kier alpha value is -2.53. The summed E-state index contributed by atoms with van der Waals surface area (Å²) < 4.78 is 1.52. The fraction of sp³-hybridized carbons (Fsp3) is 0.0625. The van der Waals surface area contributed by atoms with Gasteiger partial charge in [0, 0.05) is 6.92 Å². The lowest BCUT2D eigenvalue weighted by Gasteiger charge is -2.03. The molecule has 21 heavy (non-hydrogen) atoms. The first kappa shape index (κ1) is 13.5. The molecule has 0 fully saturated rings. The maximum absolute atomic E-state index is 12.4. The second-order valence-electron chi connectivity index (χ2n) is 4.52. The maximum atomic E-state index is 12.4. The lowest BCUT2D eigenvalue weighted by Crippen LogP contribution is -2.06. The van der Waals surface area contributed by atoms with Gasteiger partial charge in [0.1, 0.15) is 11.4 Å². The van der Waals surface area contributed by atoms with E-state index in [0.717, 1.165) is 5.69 Å². The Morgan fingerprint density at radius 2 is 1.86 bits per heavy atom. The average molecular weight is 296 g/mol. The molecule has 5 heteroatoms. The van der Waals surface area contributed by atoms with Crippen LogP contribution in [0.15, 0.2) is 53.9 Å². The number of benzene rings is 1. The number of hydrogen-bond donors (Lipinski definition) is 0. The van der Waals surface area contributed by atoms with Gasteiger partial charge in [0.2, 0.25) is 5.78 Å². The Morgan fingerprint density at radius 1 is 1.10 bits per heavy atom. The predicted octanol–water partition coefficient (Wildman–Crippen LogP) is 3.37. The molecule has 2 heterocycles. The Kier molecular flexibility index (Phi) is 3.50. The Balaban J connectivity index is 2.09. The van der Waals surface area contributed by atoms with Gasteiger partial charge in [0.15, 0.2) is 5.78 Å². The van der Waals surface area contributed by atoms with Gasteiger partial charge in [-0.1, -0.05) is 24.3 Å². The van der Waals surface area contributed by atoms with Crippen LogP contribution in [-0.2, 0) is 0 Å². The van der Waals surface area contributed by atoms with Gasteiger partial charge in [-0.25, -0.2) is 4.68 Å². The lowest BCUT2D eigenvalue weighted by atomic mass is 10.2. The van der Waals surface area contributed by atoms with Crippen LogP contribution in [0.2, 0.25) is 0 Å². The second-order valence-corrected chi connectivity index (χ2v) is 5.47. The monoisotopic (exact) mass is 296 g/mol. The van der Waals surface area contributed by atoms with E-state index in [4.69, 9.17) is 0 Å². The molecule has 0 unspecified atom stereocenters. The van der Waals surface area contributed by atoms with Crippen LogP contribution in [0, 0.1) is 0 Å². The van der Waals surface area contributed by atoms with Crippen LogP contribution in [0.3, 0.4) is 0 Å². The zero-order valence-electron chi connectivity index (χ0n) is 11.3. The molecule has 0 bridgehead atoms. The van der Waals surface area contributed by atoms with Crippen LogP contribution in [0.5, 0.6) is 0 Å². The Bertz CT molecular complexity index is 789. The van der Waals surface area contributed by atoms with Gasteiger partial charge in [-0.2, -0.15) is 5.10 Å². The molecular weight excluding hydrogens is 284 g/mol. The molecule has 0 aliphatic heterocycles. The third kappa shape index (κ3) is 2.55. The zero-order chi connectivity index (χ0) is 14.8. The number of rotatable bonds is 4. The van der Waals surface area contributed by atoms with Gasteiger partial charge in [-0.15, -0.1) is 11.3 Å².